The molecular formula is C53H53GeIrN5O-2. The molecule has 5 aromatic carbocycles. The number of hydrogen-bond donors (Lipinski definition) is 0. The van der Waals surface area contributed by atoms with Crippen LogP contribution in [-0.4, -0.2) is 37.8 Å². The Balaban J connectivity index is 0.000000226. The Bertz CT molecular complexity index is 2900. The van der Waals surface area contributed by atoms with Gasteiger partial charge in [0.2, 0.25) is 0 Å². The molecule has 0 aliphatic rings. The number of furan rings is 1. The SMILES string of the molecule is CC(C)Cc1cc(-c2[c-]cccc2)nc[c]1[Ge]([CH3])([CH3])[CH3].CC(C)c1cc(-c2ccccc2)cc(C(C)C)c1-n1c(-c2[c-]ccc3c2oc2ccccc23)nc2nccnc21.[Ir]. The second kappa shape index (κ2) is 18.4. The maximum atomic E-state index is 6.43. The van der Waals surface area contributed by atoms with Crippen molar-refractivity contribution in [1.29, 1.82) is 0 Å². The molecule has 0 spiro atoms. The molecule has 9 aromatic rings. The molecule has 311 valence electrons. The molecule has 4 heterocycles. The van der Waals surface area contributed by atoms with Gasteiger partial charge in [-0.05, 0) is 52.3 Å². The zero-order valence-corrected chi connectivity index (χ0v) is 41.0. The summed E-state index contributed by atoms with van der Waals surface area (Å²) in [4.78, 5) is 19.2. The van der Waals surface area contributed by atoms with Crippen molar-refractivity contribution in [1.82, 2.24) is 24.5 Å². The van der Waals surface area contributed by atoms with Crippen molar-refractivity contribution in [2.75, 3.05) is 0 Å². The molecule has 6 nitrogen and oxygen atoms in total. The minimum atomic E-state index is -1.86. The van der Waals surface area contributed by atoms with E-state index in [0.717, 1.165) is 62.3 Å². The summed E-state index contributed by atoms with van der Waals surface area (Å²) >= 11 is -1.86. The first-order chi connectivity index (χ1) is 28.9. The first kappa shape index (κ1) is 43.9. The zero-order valence-electron chi connectivity index (χ0n) is 36.5. The van der Waals surface area contributed by atoms with E-state index in [-0.39, 0.29) is 31.9 Å². The van der Waals surface area contributed by atoms with Gasteiger partial charge in [-0.3, -0.25) is 4.98 Å². The molecule has 0 aliphatic carbocycles. The molecule has 4 aromatic heterocycles. The summed E-state index contributed by atoms with van der Waals surface area (Å²) in [7, 11) is 0. The second-order valence-corrected chi connectivity index (χ2v) is 28.3. The van der Waals surface area contributed by atoms with Crippen LogP contribution in [0.25, 0.3) is 72.7 Å². The zero-order chi connectivity index (χ0) is 42.1. The van der Waals surface area contributed by atoms with Gasteiger partial charge in [-0.25, -0.2) is 9.97 Å². The predicted octanol–water partition coefficient (Wildman–Crippen LogP) is 13.4. The molecule has 0 amide bonds. The van der Waals surface area contributed by atoms with Crippen LogP contribution in [0.2, 0.25) is 17.3 Å². The van der Waals surface area contributed by atoms with Gasteiger partial charge in [-0.1, -0.05) is 87.2 Å². The number of pyridine rings is 1. The maximum Gasteiger partial charge on any atom is 0.188 e. The van der Waals surface area contributed by atoms with E-state index >= 15 is 0 Å². The fourth-order valence-electron chi connectivity index (χ4n) is 8.14. The van der Waals surface area contributed by atoms with E-state index in [0.29, 0.717) is 11.6 Å². The molecule has 0 saturated carbocycles. The standard InChI is InChI=1S/C35H29N4O.C18H24GeN.Ir/c1-21(2)28-19-24(23-11-6-5-7-12-23)20-29(22(3)4)31(28)39-34(38-33-35(39)37-18-17-36-33)27-15-10-14-26-25-13-8-9-16-30(25)40-32(26)27;1-14(2)11-16-12-18(15-9-7-6-8-10-15)20-13-17(16)19(3,4)5;/h5-14,16-22H,1-4H3;6-9,12-14H,11H2,1-5H3;/q2*-1;. The minimum Gasteiger partial charge on any atom is -0.501 e. The van der Waals surface area contributed by atoms with Crippen molar-refractivity contribution < 1.29 is 24.5 Å². The van der Waals surface area contributed by atoms with Gasteiger partial charge in [-0.2, -0.15) is 0 Å². The molecule has 0 fully saturated rings. The van der Waals surface area contributed by atoms with Gasteiger partial charge in [0.1, 0.15) is 5.58 Å². The third-order valence-electron chi connectivity index (χ3n) is 11.0. The van der Waals surface area contributed by atoms with Crippen LogP contribution in [0, 0.1) is 18.1 Å². The Labute approximate surface area is 376 Å². The van der Waals surface area contributed by atoms with Crippen LogP contribution in [0.4, 0.5) is 0 Å². The van der Waals surface area contributed by atoms with Gasteiger partial charge in [-0.15, -0.1) is 18.2 Å². The molecule has 0 N–H and O–H groups in total. The molecule has 8 heteroatoms. The maximum absolute atomic E-state index is 6.43. The van der Waals surface area contributed by atoms with Gasteiger partial charge in [0.15, 0.2) is 11.3 Å². The average molecular weight is 1040 g/mol. The molecule has 0 bridgehead atoms. The molecule has 0 atom stereocenters. The summed E-state index contributed by atoms with van der Waals surface area (Å²) in [5.74, 6) is 9.23. The normalized spacial score (nSPS) is 11.7. The number of hydrogen-bond acceptors (Lipinski definition) is 5. The summed E-state index contributed by atoms with van der Waals surface area (Å²) in [5.41, 5.74) is 13.3. The summed E-state index contributed by atoms with van der Waals surface area (Å²) in [6, 6.07) is 44.5. The van der Waals surface area contributed by atoms with E-state index in [2.05, 4.69) is 153 Å². The fourth-order valence-corrected chi connectivity index (χ4v) is 11.5. The molecule has 9 rings (SSSR count). The summed E-state index contributed by atoms with van der Waals surface area (Å²) in [5, 5.41) is 2.11. The molecule has 1 radical (unpaired) electrons. The quantitative estimate of drug-likeness (QED) is 0.106. The first-order valence-electron chi connectivity index (χ1n) is 21.1. The van der Waals surface area contributed by atoms with Crippen molar-refractivity contribution in [3.63, 3.8) is 0 Å². The Morgan fingerprint density at radius 3 is 2.05 bits per heavy atom. The first-order valence-corrected chi connectivity index (χ1v) is 28.4. The number of fused-ring (bicyclic) bond motifs is 4. The number of imidazole rings is 1. The van der Waals surface area contributed by atoms with E-state index in [1.165, 1.54) is 27.8 Å². The largest absolute Gasteiger partial charge is 0.501 e. The molecule has 0 unspecified atom stereocenters. The third kappa shape index (κ3) is 9.06. The van der Waals surface area contributed by atoms with E-state index in [4.69, 9.17) is 19.4 Å². The van der Waals surface area contributed by atoms with Crippen LogP contribution < -0.4 is 4.40 Å². The van der Waals surface area contributed by atoms with Crippen molar-refractivity contribution >= 4 is 50.9 Å². The Hall–Kier alpha value is -5.21. The molecule has 61 heavy (non-hydrogen) atoms. The summed E-state index contributed by atoms with van der Waals surface area (Å²) in [6.07, 6.45) is 6.70. The predicted molar refractivity (Wildman–Crippen MR) is 252 cm³/mol. The number of nitrogens with zero attached hydrogens (tertiary/aromatic N) is 5. The minimum absolute atomic E-state index is 0. The summed E-state index contributed by atoms with van der Waals surface area (Å²) in [6.45, 7) is 13.5. The molecular weight excluding hydrogens is 987 g/mol. The van der Waals surface area contributed by atoms with E-state index < -0.39 is 13.3 Å². The van der Waals surface area contributed by atoms with Crippen molar-refractivity contribution in [3.8, 4) is 39.5 Å². The van der Waals surface area contributed by atoms with Crippen LogP contribution in [0.5, 0.6) is 0 Å². The van der Waals surface area contributed by atoms with Crippen molar-refractivity contribution in [2.24, 2.45) is 5.92 Å². The van der Waals surface area contributed by atoms with Crippen molar-refractivity contribution in [2.45, 2.75) is 77.1 Å². The van der Waals surface area contributed by atoms with Gasteiger partial charge >= 0.3 is 126 Å². The number of benzene rings is 5. The average Bonchev–Trinajstić information content (AvgIpc) is 3.82. The van der Waals surface area contributed by atoms with Crippen LogP contribution in [0.15, 0.2) is 132 Å². The number of para-hydroxylation sites is 1. The van der Waals surface area contributed by atoms with Crippen LogP contribution in [-0.2, 0) is 26.5 Å². The molecule has 0 saturated heterocycles. The molecule has 0 aliphatic heterocycles. The van der Waals surface area contributed by atoms with Gasteiger partial charge in [0, 0.05) is 43.6 Å². The monoisotopic (exact) mass is 1040 g/mol. The Morgan fingerprint density at radius 1 is 0.689 bits per heavy atom. The van der Waals surface area contributed by atoms with Crippen LogP contribution in [0.1, 0.15) is 70.1 Å². The van der Waals surface area contributed by atoms with E-state index in [1.807, 2.05) is 42.5 Å². The van der Waals surface area contributed by atoms with Crippen LogP contribution in [0.3, 0.4) is 0 Å². The van der Waals surface area contributed by atoms with Gasteiger partial charge < -0.3 is 8.98 Å². The topological polar surface area (TPSA) is 69.6 Å². The fraction of sp³-hybridized carbons (Fsp3) is 0.245. The second-order valence-electron chi connectivity index (χ2n) is 17.7. The smallest absolute Gasteiger partial charge is 0.188 e. The third-order valence-corrected chi connectivity index (χ3v) is 15.3. The Kier molecular flexibility index (Phi) is 13.2. The Morgan fingerprint density at radius 2 is 1.38 bits per heavy atom. The van der Waals surface area contributed by atoms with Gasteiger partial charge in [0.25, 0.3) is 0 Å². The van der Waals surface area contributed by atoms with E-state index in [9.17, 15) is 0 Å². The van der Waals surface area contributed by atoms with Crippen LogP contribution >= 0.6 is 0 Å². The summed E-state index contributed by atoms with van der Waals surface area (Å²) < 4.78 is 10.2. The van der Waals surface area contributed by atoms with E-state index in [1.54, 1.807) is 16.8 Å². The van der Waals surface area contributed by atoms with Crippen molar-refractivity contribution in [3.05, 3.63) is 157 Å². The number of rotatable bonds is 9. The van der Waals surface area contributed by atoms with Gasteiger partial charge in [0.05, 0.1) is 11.4 Å². The number of aromatic nitrogens is 5.